The molecule has 6 heteroatoms. The molecule has 6 nitrogen and oxygen atoms in total. The van der Waals surface area contributed by atoms with Crippen LogP contribution in [0.1, 0.15) is 37.5 Å². The highest BCUT2D eigenvalue weighted by atomic mass is 16.5. The number of nitrogens with zero attached hydrogens (tertiary/aromatic N) is 3. The van der Waals surface area contributed by atoms with E-state index in [1.807, 2.05) is 0 Å². The van der Waals surface area contributed by atoms with Gasteiger partial charge in [0.25, 0.3) is 0 Å². The van der Waals surface area contributed by atoms with Gasteiger partial charge in [0.1, 0.15) is 11.9 Å². The highest BCUT2D eigenvalue weighted by Gasteiger charge is 2.27. The molecule has 2 aliphatic heterocycles. The highest BCUT2D eigenvalue weighted by molar-refractivity contribution is 4.97. The van der Waals surface area contributed by atoms with Gasteiger partial charge in [-0.25, -0.2) is 4.98 Å². The first-order valence-corrected chi connectivity index (χ1v) is 7.68. The Hall–Kier alpha value is -0.980. The third kappa shape index (κ3) is 3.37. The van der Waals surface area contributed by atoms with Crippen molar-refractivity contribution in [1.29, 1.82) is 0 Å². The molecule has 2 aliphatic rings. The first kappa shape index (κ1) is 14.0. The van der Waals surface area contributed by atoms with E-state index in [9.17, 15) is 0 Å². The van der Waals surface area contributed by atoms with Crippen LogP contribution in [0, 0.1) is 5.92 Å². The van der Waals surface area contributed by atoms with Gasteiger partial charge in [0.2, 0.25) is 0 Å². The molecular formula is C14H24N4O2. The van der Waals surface area contributed by atoms with E-state index in [2.05, 4.69) is 27.0 Å². The minimum atomic E-state index is 0.00734. The standard InChI is InChI=1S/C14H24N4O2/c1-2-3-13-15-14(17-16-13)12-9-18(5-7-20-12)8-11-4-6-19-10-11/h11-12H,2-10H2,1H3,(H,15,16,17)/t11-,12-/m1/s1. The maximum atomic E-state index is 5.83. The molecule has 0 unspecified atom stereocenters. The van der Waals surface area contributed by atoms with Crippen molar-refractivity contribution < 1.29 is 9.47 Å². The second kappa shape index (κ2) is 6.65. The fourth-order valence-corrected chi connectivity index (χ4v) is 2.92. The first-order valence-electron chi connectivity index (χ1n) is 7.68. The van der Waals surface area contributed by atoms with Crippen molar-refractivity contribution >= 4 is 0 Å². The maximum Gasteiger partial charge on any atom is 0.180 e. The van der Waals surface area contributed by atoms with Crippen molar-refractivity contribution in [3.05, 3.63) is 11.6 Å². The number of hydrogen-bond donors (Lipinski definition) is 1. The second-order valence-corrected chi connectivity index (χ2v) is 5.74. The normalized spacial score (nSPS) is 28.1. The molecular weight excluding hydrogens is 256 g/mol. The monoisotopic (exact) mass is 280 g/mol. The number of nitrogens with one attached hydrogen (secondary N) is 1. The number of aromatic nitrogens is 3. The molecule has 0 spiro atoms. The third-order valence-corrected chi connectivity index (χ3v) is 4.01. The zero-order valence-electron chi connectivity index (χ0n) is 12.2. The van der Waals surface area contributed by atoms with Gasteiger partial charge in [-0.3, -0.25) is 10.00 Å². The molecule has 2 fully saturated rings. The van der Waals surface area contributed by atoms with E-state index < -0.39 is 0 Å². The summed E-state index contributed by atoms with van der Waals surface area (Å²) in [6.07, 6.45) is 3.22. The lowest BCUT2D eigenvalue weighted by Crippen LogP contribution is -2.41. The Balaban J connectivity index is 1.56. The molecule has 1 aromatic heterocycles. The summed E-state index contributed by atoms with van der Waals surface area (Å²) in [6, 6.07) is 0. The average Bonchev–Trinajstić information content (AvgIpc) is 3.11. The van der Waals surface area contributed by atoms with E-state index in [1.165, 1.54) is 6.42 Å². The van der Waals surface area contributed by atoms with Gasteiger partial charge in [-0.05, 0) is 18.8 Å². The quantitative estimate of drug-likeness (QED) is 0.877. The maximum absolute atomic E-state index is 5.83. The molecule has 2 atom stereocenters. The van der Waals surface area contributed by atoms with Crippen LogP contribution in [0.15, 0.2) is 0 Å². The van der Waals surface area contributed by atoms with Crippen molar-refractivity contribution in [1.82, 2.24) is 20.1 Å². The number of H-pyrrole nitrogens is 1. The van der Waals surface area contributed by atoms with Crippen molar-refractivity contribution in [3.8, 4) is 0 Å². The molecule has 112 valence electrons. The number of ether oxygens (including phenoxy) is 2. The summed E-state index contributed by atoms with van der Waals surface area (Å²) in [5.74, 6) is 2.45. The van der Waals surface area contributed by atoms with Crippen LogP contribution < -0.4 is 0 Å². The Morgan fingerprint density at radius 3 is 3.15 bits per heavy atom. The molecule has 1 aromatic rings. The van der Waals surface area contributed by atoms with Gasteiger partial charge in [-0.15, -0.1) is 0 Å². The summed E-state index contributed by atoms with van der Waals surface area (Å²) < 4.78 is 11.3. The van der Waals surface area contributed by atoms with Crippen LogP contribution in [0.2, 0.25) is 0 Å². The first-order chi connectivity index (χ1) is 9.85. The fourth-order valence-electron chi connectivity index (χ4n) is 2.92. The van der Waals surface area contributed by atoms with Gasteiger partial charge in [0.15, 0.2) is 5.82 Å². The van der Waals surface area contributed by atoms with Crippen molar-refractivity contribution in [3.63, 3.8) is 0 Å². The molecule has 2 saturated heterocycles. The molecule has 20 heavy (non-hydrogen) atoms. The summed E-state index contributed by atoms with van der Waals surface area (Å²) >= 11 is 0. The van der Waals surface area contributed by atoms with Crippen LogP contribution in [0.25, 0.3) is 0 Å². The number of aromatic amines is 1. The topological polar surface area (TPSA) is 63.3 Å². The Labute approximate surface area is 119 Å². The molecule has 0 bridgehead atoms. The second-order valence-electron chi connectivity index (χ2n) is 5.74. The average molecular weight is 280 g/mol. The summed E-state index contributed by atoms with van der Waals surface area (Å²) in [5.41, 5.74) is 0. The van der Waals surface area contributed by atoms with E-state index >= 15 is 0 Å². The summed E-state index contributed by atoms with van der Waals surface area (Å²) in [5, 5.41) is 7.32. The predicted octanol–water partition coefficient (Wildman–Crippen LogP) is 1.17. The van der Waals surface area contributed by atoms with Crippen LogP contribution in [0.4, 0.5) is 0 Å². The molecule has 3 heterocycles. The van der Waals surface area contributed by atoms with Gasteiger partial charge >= 0.3 is 0 Å². The van der Waals surface area contributed by atoms with Crippen molar-refractivity contribution in [2.24, 2.45) is 5.92 Å². The lowest BCUT2D eigenvalue weighted by molar-refractivity contribution is -0.0388. The van der Waals surface area contributed by atoms with Crippen LogP contribution >= 0.6 is 0 Å². The predicted molar refractivity (Wildman–Crippen MR) is 74.4 cm³/mol. The molecule has 0 saturated carbocycles. The largest absolute Gasteiger partial charge is 0.381 e. The minimum Gasteiger partial charge on any atom is -0.381 e. The van der Waals surface area contributed by atoms with Crippen LogP contribution in [-0.4, -0.2) is 59.5 Å². The Morgan fingerprint density at radius 2 is 2.35 bits per heavy atom. The number of aryl methyl sites for hydroxylation is 1. The van der Waals surface area contributed by atoms with E-state index in [0.717, 1.165) is 63.9 Å². The molecule has 0 aliphatic carbocycles. The van der Waals surface area contributed by atoms with E-state index in [0.29, 0.717) is 5.92 Å². The van der Waals surface area contributed by atoms with Gasteiger partial charge < -0.3 is 9.47 Å². The van der Waals surface area contributed by atoms with Gasteiger partial charge in [-0.1, -0.05) is 6.92 Å². The number of morpholine rings is 1. The Morgan fingerprint density at radius 1 is 1.40 bits per heavy atom. The summed E-state index contributed by atoms with van der Waals surface area (Å²) in [6.45, 7) is 7.72. The molecule has 3 rings (SSSR count). The van der Waals surface area contributed by atoms with Gasteiger partial charge in [0, 0.05) is 32.7 Å². The molecule has 0 radical (unpaired) electrons. The molecule has 0 amide bonds. The number of rotatable bonds is 5. The number of hydrogen-bond acceptors (Lipinski definition) is 5. The lowest BCUT2D eigenvalue weighted by Gasteiger charge is -2.32. The van der Waals surface area contributed by atoms with Gasteiger partial charge in [0.05, 0.1) is 13.2 Å². The minimum absolute atomic E-state index is 0.00734. The zero-order valence-corrected chi connectivity index (χ0v) is 12.2. The lowest BCUT2D eigenvalue weighted by atomic mass is 10.1. The third-order valence-electron chi connectivity index (χ3n) is 4.01. The Bertz CT molecular complexity index is 417. The van der Waals surface area contributed by atoms with Crippen molar-refractivity contribution in [2.45, 2.75) is 32.3 Å². The molecule has 1 N–H and O–H groups in total. The van der Waals surface area contributed by atoms with E-state index in [1.54, 1.807) is 0 Å². The smallest absolute Gasteiger partial charge is 0.180 e. The SMILES string of the molecule is CCCc1nc([C@H]2CN(C[C@H]3CCOC3)CCO2)n[nH]1. The van der Waals surface area contributed by atoms with Gasteiger partial charge in [-0.2, -0.15) is 5.10 Å². The molecule has 0 aromatic carbocycles. The highest BCUT2D eigenvalue weighted by Crippen LogP contribution is 2.22. The van der Waals surface area contributed by atoms with Crippen LogP contribution in [0.5, 0.6) is 0 Å². The van der Waals surface area contributed by atoms with Crippen LogP contribution in [0.3, 0.4) is 0 Å². The summed E-state index contributed by atoms with van der Waals surface area (Å²) in [7, 11) is 0. The van der Waals surface area contributed by atoms with Crippen LogP contribution in [-0.2, 0) is 15.9 Å². The Kier molecular flexibility index (Phi) is 4.65. The zero-order chi connectivity index (χ0) is 13.8. The van der Waals surface area contributed by atoms with E-state index in [-0.39, 0.29) is 6.10 Å². The fraction of sp³-hybridized carbons (Fsp3) is 0.857. The van der Waals surface area contributed by atoms with E-state index in [4.69, 9.17) is 9.47 Å². The summed E-state index contributed by atoms with van der Waals surface area (Å²) in [4.78, 5) is 7.01. The van der Waals surface area contributed by atoms with Crippen molar-refractivity contribution in [2.75, 3.05) is 39.5 Å².